The van der Waals surface area contributed by atoms with Gasteiger partial charge in [0.25, 0.3) is 0 Å². The maximum Gasteiger partial charge on any atom is 0.247 e. The van der Waals surface area contributed by atoms with Crippen LogP contribution in [0, 0.1) is 13.8 Å². The summed E-state index contributed by atoms with van der Waals surface area (Å²) in [6, 6.07) is 7.98. The predicted octanol–water partition coefficient (Wildman–Crippen LogP) is 3.67. The molecule has 0 bridgehead atoms. The van der Waals surface area contributed by atoms with Gasteiger partial charge in [-0.05, 0) is 43.7 Å². The van der Waals surface area contributed by atoms with Crippen molar-refractivity contribution in [3.8, 4) is 5.82 Å². The molecule has 3 aromatic heterocycles. The van der Waals surface area contributed by atoms with E-state index in [0.717, 1.165) is 33.5 Å². The van der Waals surface area contributed by atoms with Crippen molar-refractivity contribution in [2.75, 3.05) is 23.8 Å². The first-order valence-electron chi connectivity index (χ1n) is 10.3. The van der Waals surface area contributed by atoms with Crippen LogP contribution in [-0.2, 0) is 9.53 Å². The lowest BCUT2D eigenvalue weighted by Crippen LogP contribution is -2.30. The van der Waals surface area contributed by atoms with E-state index in [9.17, 15) is 4.79 Å². The van der Waals surface area contributed by atoms with E-state index in [0.29, 0.717) is 25.0 Å². The second-order valence-electron chi connectivity index (χ2n) is 7.80. The van der Waals surface area contributed by atoms with Gasteiger partial charge in [-0.2, -0.15) is 10.1 Å². The van der Waals surface area contributed by atoms with Crippen LogP contribution in [0.1, 0.15) is 17.2 Å². The van der Waals surface area contributed by atoms with Crippen LogP contribution in [0.5, 0.6) is 0 Å². The Morgan fingerprint density at radius 3 is 2.84 bits per heavy atom. The van der Waals surface area contributed by atoms with Crippen LogP contribution in [0.15, 0.2) is 55.5 Å². The fraction of sp³-hybridized carbons (Fsp3) is 0.217. The minimum Gasteiger partial charge on any atom is -0.377 e. The first-order valence-corrected chi connectivity index (χ1v) is 10.3. The molecule has 4 heterocycles. The number of nitrogens with zero attached hydrogens (tertiary/aromatic N) is 5. The quantitative estimate of drug-likeness (QED) is 0.454. The highest BCUT2D eigenvalue weighted by Crippen LogP contribution is 2.28. The number of hydrogen-bond donors (Lipinski definition) is 2. The average molecular weight is 429 g/mol. The number of carbonyl (C=O) groups is 1. The molecule has 4 aromatic rings. The van der Waals surface area contributed by atoms with Crippen molar-refractivity contribution in [1.82, 2.24) is 24.3 Å². The van der Waals surface area contributed by atoms with Gasteiger partial charge in [0, 0.05) is 41.3 Å². The van der Waals surface area contributed by atoms with Crippen LogP contribution in [0.25, 0.3) is 16.7 Å². The van der Waals surface area contributed by atoms with Crippen LogP contribution in [0.4, 0.5) is 17.5 Å². The molecule has 32 heavy (non-hydrogen) atoms. The Bertz CT molecular complexity index is 1330. The molecule has 9 heteroatoms. The van der Waals surface area contributed by atoms with Gasteiger partial charge in [0.05, 0.1) is 24.8 Å². The molecular weight excluding hydrogens is 406 g/mol. The molecule has 1 saturated heterocycles. The van der Waals surface area contributed by atoms with E-state index < -0.39 is 0 Å². The van der Waals surface area contributed by atoms with Gasteiger partial charge < -0.3 is 19.9 Å². The van der Waals surface area contributed by atoms with Crippen LogP contribution in [0.2, 0.25) is 0 Å². The smallest absolute Gasteiger partial charge is 0.247 e. The van der Waals surface area contributed by atoms with Gasteiger partial charge in [-0.15, -0.1) is 0 Å². The van der Waals surface area contributed by atoms with Crippen molar-refractivity contribution in [3.05, 3.63) is 66.6 Å². The third-order valence-corrected chi connectivity index (χ3v) is 5.47. The number of ether oxygens (including phenoxy) is 1. The number of amides is 1. The van der Waals surface area contributed by atoms with Crippen molar-refractivity contribution < 1.29 is 9.53 Å². The van der Waals surface area contributed by atoms with Crippen LogP contribution in [-0.4, -0.2) is 43.4 Å². The Morgan fingerprint density at radius 2 is 2.09 bits per heavy atom. The number of rotatable bonds is 6. The summed E-state index contributed by atoms with van der Waals surface area (Å²) in [7, 11) is 0. The van der Waals surface area contributed by atoms with E-state index in [1.165, 1.54) is 6.08 Å². The Morgan fingerprint density at radius 1 is 1.25 bits per heavy atom. The van der Waals surface area contributed by atoms with Crippen LogP contribution >= 0.6 is 0 Å². The van der Waals surface area contributed by atoms with Crippen molar-refractivity contribution >= 4 is 34.3 Å². The molecule has 1 aromatic carbocycles. The lowest BCUT2D eigenvalue weighted by Gasteiger charge is -2.25. The van der Waals surface area contributed by atoms with E-state index in [2.05, 4.69) is 27.3 Å². The zero-order chi connectivity index (χ0) is 22.2. The summed E-state index contributed by atoms with van der Waals surface area (Å²) in [5.74, 6) is 1.68. The molecule has 0 unspecified atom stereocenters. The van der Waals surface area contributed by atoms with E-state index >= 15 is 0 Å². The lowest BCUT2D eigenvalue weighted by atomic mass is 10.1. The Labute approximate surface area is 184 Å². The monoisotopic (exact) mass is 429 g/mol. The van der Waals surface area contributed by atoms with Gasteiger partial charge in [-0.3, -0.25) is 9.48 Å². The van der Waals surface area contributed by atoms with Gasteiger partial charge in [0.2, 0.25) is 11.9 Å². The van der Waals surface area contributed by atoms with Gasteiger partial charge in [-0.1, -0.05) is 6.58 Å². The van der Waals surface area contributed by atoms with Gasteiger partial charge in [-0.25, -0.2) is 4.98 Å². The number of fused-ring (bicyclic) bond motifs is 1. The first-order chi connectivity index (χ1) is 15.5. The largest absolute Gasteiger partial charge is 0.377 e. The molecule has 0 radical (unpaired) electrons. The Balaban J connectivity index is 1.47. The fourth-order valence-electron chi connectivity index (χ4n) is 3.68. The molecule has 1 fully saturated rings. The number of benzene rings is 1. The summed E-state index contributed by atoms with van der Waals surface area (Å²) >= 11 is 0. The molecule has 5 rings (SSSR count). The third-order valence-electron chi connectivity index (χ3n) is 5.47. The maximum atomic E-state index is 11.6. The van der Waals surface area contributed by atoms with E-state index in [-0.39, 0.29) is 11.9 Å². The highest BCUT2D eigenvalue weighted by atomic mass is 16.5. The van der Waals surface area contributed by atoms with Crippen molar-refractivity contribution in [2.45, 2.75) is 19.9 Å². The molecule has 0 aliphatic carbocycles. The van der Waals surface area contributed by atoms with E-state index in [1.54, 1.807) is 6.20 Å². The number of carbonyl (C=O) groups excluding carboxylic acids is 1. The summed E-state index contributed by atoms with van der Waals surface area (Å²) in [6.45, 7) is 8.88. The molecule has 0 atom stereocenters. The minimum absolute atomic E-state index is 0.240. The molecule has 1 aliphatic rings. The summed E-state index contributed by atoms with van der Waals surface area (Å²) in [5.41, 5.74) is 3.72. The predicted molar refractivity (Wildman–Crippen MR) is 123 cm³/mol. The van der Waals surface area contributed by atoms with Crippen molar-refractivity contribution in [1.29, 1.82) is 0 Å². The fourth-order valence-corrected chi connectivity index (χ4v) is 3.68. The standard InChI is InChI=1S/C23H23N7O2/c1-4-21(31)25-16-5-6-19-18(9-16)15(3)11-29(19)22-14(2)10-24-23(27-22)26-20-7-8-30(28-20)17-12-32-13-17/h4-11,17H,1,12-13H2,2-3H3,(H,25,31)(H,24,26,27,28). The second kappa shape index (κ2) is 7.93. The number of hydrogen-bond acceptors (Lipinski definition) is 6. The first kappa shape index (κ1) is 20.0. The van der Waals surface area contributed by atoms with Gasteiger partial charge in [0.1, 0.15) is 5.82 Å². The number of anilines is 3. The zero-order valence-corrected chi connectivity index (χ0v) is 17.9. The van der Waals surface area contributed by atoms with Gasteiger partial charge in [0.15, 0.2) is 5.82 Å². The second-order valence-corrected chi connectivity index (χ2v) is 7.80. The maximum absolute atomic E-state index is 11.6. The Hall–Kier alpha value is -3.98. The third kappa shape index (κ3) is 3.63. The van der Waals surface area contributed by atoms with Crippen LogP contribution < -0.4 is 10.6 Å². The lowest BCUT2D eigenvalue weighted by molar-refractivity contribution is -0.111. The Kier molecular flexibility index (Phi) is 4.95. The zero-order valence-electron chi connectivity index (χ0n) is 17.9. The molecule has 1 aliphatic heterocycles. The molecule has 2 N–H and O–H groups in total. The topological polar surface area (TPSA) is 98.9 Å². The number of aryl methyl sites for hydroxylation is 2. The highest BCUT2D eigenvalue weighted by molar-refractivity contribution is 6.00. The highest BCUT2D eigenvalue weighted by Gasteiger charge is 2.21. The molecular formula is C23H23N7O2. The summed E-state index contributed by atoms with van der Waals surface area (Å²) in [4.78, 5) is 20.8. The molecule has 1 amide bonds. The summed E-state index contributed by atoms with van der Waals surface area (Å²) in [5, 5.41) is 11.6. The van der Waals surface area contributed by atoms with Crippen LogP contribution in [0.3, 0.4) is 0 Å². The summed E-state index contributed by atoms with van der Waals surface area (Å²) < 4.78 is 9.16. The van der Waals surface area contributed by atoms with E-state index in [4.69, 9.17) is 9.72 Å². The number of nitrogens with one attached hydrogen (secondary N) is 2. The molecule has 9 nitrogen and oxygen atoms in total. The molecule has 0 saturated carbocycles. The number of aromatic nitrogens is 5. The molecule has 162 valence electrons. The minimum atomic E-state index is -0.240. The van der Waals surface area contributed by atoms with Crippen molar-refractivity contribution in [3.63, 3.8) is 0 Å². The SMILES string of the molecule is C=CC(=O)Nc1ccc2c(c1)c(C)cn2-c1nc(Nc2ccn(C3COC3)n2)ncc1C. The molecule has 0 spiro atoms. The summed E-state index contributed by atoms with van der Waals surface area (Å²) in [6.07, 6.45) is 7.01. The average Bonchev–Trinajstić information content (AvgIpc) is 3.32. The van der Waals surface area contributed by atoms with Gasteiger partial charge >= 0.3 is 0 Å². The van der Waals surface area contributed by atoms with E-state index in [1.807, 2.05) is 59.8 Å². The normalized spacial score (nSPS) is 13.7. The van der Waals surface area contributed by atoms with Crippen molar-refractivity contribution in [2.24, 2.45) is 0 Å².